The first kappa shape index (κ1) is 12.8. The van der Waals surface area contributed by atoms with Gasteiger partial charge in [-0.3, -0.25) is 0 Å². The van der Waals surface area contributed by atoms with E-state index in [1.54, 1.807) is 0 Å². The van der Waals surface area contributed by atoms with Crippen LogP contribution in [0.15, 0.2) is 18.3 Å². The molecule has 1 aromatic rings. The molecule has 1 heterocycles. The van der Waals surface area contributed by atoms with Gasteiger partial charge in [0.2, 0.25) is 0 Å². The monoisotopic (exact) mass is 233 g/mol. The summed E-state index contributed by atoms with van der Waals surface area (Å²) >= 11 is 0. The summed E-state index contributed by atoms with van der Waals surface area (Å²) in [5.74, 6) is 0. The van der Waals surface area contributed by atoms with Gasteiger partial charge in [-0.05, 0) is 32.9 Å². The number of nitrogens with zero attached hydrogens (tertiary/aromatic N) is 1. The van der Waals surface area contributed by atoms with Gasteiger partial charge in [0.15, 0.2) is 0 Å². The summed E-state index contributed by atoms with van der Waals surface area (Å²) in [4.78, 5) is 3.32. The van der Waals surface area contributed by atoms with E-state index in [4.69, 9.17) is 0 Å². The first-order valence-corrected chi connectivity index (χ1v) is 4.75. The second-order valence-electron chi connectivity index (χ2n) is 4.43. The fraction of sp³-hybridized carbons (Fsp3) is 0.500. The molecule has 3 nitrogen and oxygen atoms in total. The van der Waals surface area contributed by atoms with Crippen LogP contribution < -0.4 is 10.9 Å². The molecule has 1 aromatic heterocycles. The minimum Gasteiger partial charge on any atom is -0.319 e. The van der Waals surface area contributed by atoms with Gasteiger partial charge in [0.25, 0.3) is 0 Å². The maximum Gasteiger partial charge on any atom is 0.433 e. The topological polar surface area (TPSA) is 37.0 Å². The molecule has 0 amide bonds. The zero-order valence-corrected chi connectivity index (χ0v) is 9.31. The van der Waals surface area contributed by atoms with Crippen LogP contribution >= 0.6 is 0 Å². The van der Waals surface area contributed by atoms with Crippen molar-refractivity contribution in [3.05, 3.63) is 24.0 Å². The van der Waals surface area contributed by atoms with Crippen molar-refractivity contribution in [2.45, 2.75) is 32.5 Å². The molecule has 2 N–H and O–H groups in total. The Morgan fingerprint density at radius 2 is 1.75 bits per heavy atom. The number of pyridine rings is 1. The van der Waals surface area contributed by atoms with E-state index in [1.165, 1.54) is 6.07 Å². The van der Waals surface area contributed by atoms with Gasteiger partial charge in [-0.25, -0.2) is 10.4 Å². The van der Waals surface area contributed by atoms with Crippen molar-refractivity contribution in [3.8, 4) is 0 Å². The van der Waals surface area contributed by atoms with Crippen LogP contribution in [0.5, 0.6) is 0 Å². The summed E-state index contributed by atoms with van der Waals surface area (Å²) in [7, 11) is 0. The number of nitrogens with one attached hydrogen (secondary N) is 2. The van der Waals surface area contributed by atoms with Crippen molar-refractivity contribution in [1.29, 1.82) is 0 Å². The van der Waals surface area contributed by atoms with Gasteiger partial charge in [0, 0.05) is 5.54 Å². The van der Waals surface area contributed by atoms with Crippen LogP contribution in [-0.4, -0.2) is 10.5 Å². The zero-order chi connectivity index (χ0) is 12.4. The highest BCUT2D eigenvalue weighted by Gasteiger charge is 2.31. The number of rotatable bonds is 2. The third-order valence-electron chi connectivity index (χ3n) is 1.64. The van der Waals surface area contributed by atoms with Gasteiger partial charge in [0.05, 0.1) is 11.9 Å². The molecule has 0 unspecified atom stereocenters. The van der Waals surface area contributed by atoms with Crippen molar-refractivity contribution in [2.75, 3.05) is 5.43 Å². The van der Waals surface area contributed by atoms with Crippen molar-refractivity contribution >= 4 is 5.69 Å². The van der Waals surface area contributed by atoms with E-state index >= 15 is 0 Å². The van der Waals surface area contributed by atoms with E-state index in [2.05, 4.69) is 15.8 Å². The van der Waals surface area contributed by atoms with Crippen LogP contribution in [0.3, 0.4) is 0 Å². The zero-order valence-electron chi connectivity index (χ0n) is 9.31. The Balaban J connectivity index is 2.66. The summed E-state index contributed by atoms with van der Waals surface area (Å²) in [5.41, 5.74) is 5.12. The molecule has 0 atom stereocenters. The van der Waals surface area contributed by atoms with Gasteiger partial charge in [-0.1, -0.05) is 0 Å². The molecule has 0 bridgehead atoms. The van der Waals surface area contributed by atoms with Gasteiger partial charge >= 0.3 is 6.18 Å². The molecule has 0 aliphatic heterocycles. The molecular formula is C10H14F3N3. The first-order valence-electron chi connectivity index (χ1n) is 4.75. The maximum absolute atomic E-state index is 12.2. The Morgan fingerprint density at radius 1 is 1.12 bits per heavy atom. The second-order valence-corrected chi connectivity index (χ2v) is 4.43. The largest absolute Gasteiger partial charge is 0.433 e. The molecule has 0 saturated heterocycles. The quantitative estimate of drug-likeness (QED) is 0.771. The third kappa shape index (κ3) is 4.06. The molecule has 16 heavy (non-hydrogen) atoms. The molecule has 0 fully saturated rings. The highest BCUT2D eigenvalue weighted by atomic mass is 19.4. The number of hydrazine groups is 1. The van der Waals surface area contributed by atoms with E-state index in [1.807, 2.05) is 20.8 Å². The van der Waals surface area contributed by atoms with Crippen LogP contribution in [0.4, 0.5) is 18.9 Å². The summed E-state index contributed by atoms with van der Waals surface area (Å²) in [6.45, 7) is 5.78. The lowest BCUT2D eigenvalue weighted by molar-refractivity contribution is -0.141. The SMILES string of the molecule is CC(C)(C)NNc1ccc(C(F)(F)F)nc1. The van der Waals surface area contributed by atoms with E-state index in [0.29, 0.717) is 5.69 Å². The first-order chi connectivity index (χ1) is 7.18. The summed E-state index contributed by atoms with van der Waals surface area (Å²) in [6, 6.07) is 2.27. The van der Waals surface area contributed by atoms with Crippen molar-refractivity contribution in [3.63, 3.8) is 0 Å². The number of hydrogen-bond donors (Lipinski definition) is 2. The molecule has 0 aliphatic rings. The summed E-state index contributed by atoms with van der Waals surface area (Å²) < 4.78 is 36.6. The lowest BCUT2D eigenvalue weighted by atomic mass is 10.1. The van der Waals surface area contributed by atoms with E-state index < -0.39 is 11.9 Å². The number of halogens is 3. The molecule has 0 radical (unpaired) electrons. The third-order valence-corrected chi connectivity index (χ3v) is 1.64. The standard InChI is InChI=1S/C10H14F3N3/c1-9(2,3)16-15-7-4-5-8(14-6-7)10(11,12)13/h4-6,15-16H,1-3H3. The van der Waals surface area contributed by atoms with E-state index in [0.717, 1.165) is 12.3 Å². The van der Waals surface area contributed by atoms with E-state index in [-0.39, 0.29) is 5.54 Å². The molecule has 0 spiro atoms. The van der Waals surface area contributed by atoms with Gasteiger partial charge in [-0.2, -0.15) is 13.2 Å². The predicted molar refractivity (Wildman–Crippen MR) is 55.8 cm³/mol. The van der Waals surface area contributed by atoms with Crippen molar-refractivity contribution in [2.24, 2.45) is 0 Å². The molecule has 1 rings (SSSR count). The second kappa shape index (κ2) is 4.29. The van der Waals surface area contributed by atoms with Crippen LogP contribution in [0, 0.1) is 0 Å². The smallest absolute Gasteiger partial charge is 0.319 e. The molecule has 0 aromatic carbocycles. The average Bonchev–Trinajstić information content (AvgIpc) is 2.13. The minimum atomic E-state index is -4.39. The molecule has 6 heteroatoms. The van der Waals surface area contributed by atoms with E-state index in [9.17, 15) is 13.2 Å². The fourth-order valence-corrected chi connectivity index (χ4v) is 0.895. The van der Waals surface area contributed by atoms with Crippen molar-refractivity contribution < 1.29 is 13.2 Å². The Morgan fingerprint density at radius 3 is 2.12 bits per heavy atom. The lowest BCUT2D eigenvalue weighted by Gasteiger charge is -2.21. The number of alkyl halides is 3. The van der Waals surface area contributed by atoms with Crippen LogP contribution in [0.1, 0.15) is 26.5 Å². The average molecular weight is 233 g/mol. The highest BCUT2D eigenvalue weighted by Crippen LogP contribution is 2.27. The Hall–Kier alpha value is -1.30. The lowest BCUT2D eigenvalue weighted by Crippen LogP contribution is -2.40. The highest BCUT2D eigenvalue weighted by molar-refractivity contribution is 5.40. The Labute approximate surface area is 92.0 Å². The fourth-order valence-electron chi connectivity index (χ4n) is 0.895. The number of anilines is 1. The predicted octanol–water partition coefficient (Wildman–Crippen LogP) is 2.82. The molecule has 0 aliphatic carbocycles. The number of hydrogen-bond acceptors (Lipinski definition) is 3. The van der Waals surface area contributed by atoms with Crippen LogP contribution in [-0.2, 0) is 6.18 Å². The van der Waals surface area contributed by atoms with Crippen molar-refractivity contribution in [1.82, 2.24) is 10.4 Å². The minimum absolute atomic E-state index is 0.178. The molecular weight excluding hydrogens is 219 g/mol. The van der Waals surface area contributed by atoms with Crippen LogP contribution in [0.2, 0.25) is 0 Å². The van der Waals surface area contributed by atoms with Gasteiger partial charge < -0.3 is 5.43 Å². The van der Waals surface area contributed by atoms with Gasteiger partial charge in [-0.15, -0.1) is 0 Å². The normalized spacial score (nSPS) is 12.6. The summed E-state index contributed by atoms with van der Waals surface area (Å²) in [6.07, 6.45) is -3.25. The Bertz CT molecular complexity index is 338. The Kier molecular flexibility index (Phi) is 3.42. The maximum atomic E-state index is 12.2. The van der Waals surface area contributed by atoms with Crippen LogP contribution in [0.25, 0.3) is 0 Å². The molecule has 90 valence electrons. The van der Waals surface area contributed by atoms with Gasteiger partial charge in [0.1, 0.15) is 5.69 Å². The molecule has 0 saturated carbocycles. The number of aromatic nitrogens is 1. The summed E-state index contributed by atoms with van der Waals surface area (Å²) in [5, 5.41) is 0.